The maximum absolute atomic E-state index is 13.0. The van der Waals surface area contributed by atoms with E-state index in [9.17, 15) is 9.59 Å². The van der Waals surface area contributed by atoms with Crippen molar-refractivity contribution >= 4 is 17.5 Å². The van der Waals surface area contributed by atoms with E-state index in [-0.39, 0.29) is 11.8 Å². The SMILES string of the molecule is O=C(NCCc1ccccc1)C1CCN(c2ccccc2-c2ccccc2)C1=O. The molecule has 29 heavy (non-hydrogen) atoms. The van der Waals surface area contributed by atoms with E-state index in [1.54, 1.807) is 4.90 Å². The summed E-state index contributed by atoms with van der Waals surface area (Å²) in [5, 5.41) is 2.94. The van der Waals surface area contributed by atoms with Crippen LogP contribution >= 0.6 is 0 Å². The Morgan fingerprint density at radius 3 is 2.31 bits per heavy atom. The van der Waals surface area contributed by atoms with E-state index in [1.807, 2.05) is 84.9 Å². The number of para-hydroxylation sites is 1. The second-order valence-electron chi connectivity index (χ2n) is 7.24. The van der Waals surface area contributed by atoms with Crippen LogP contribution in [-0.2, 0) is 16.0 Å². The van der Waals surface area contributed by atoms with Gasteiger partial charge in [-0.2, -0.15) is 0 Å². The fourth-order valence-electron chi connectivity index (χ4n) is 3.83. The average molecular weight is 384 g/mol. The monoisotopic (exact) mass is 384 g/mol. The summed E-state index contributed by atoms with van der Waals surface area (Å²) in [5.74, 6) is -0.911. The van der Waals surface area contributed by atoms with Gasteiger partial charge in [0.1, 0.15) is 5.92 Å². The fourth-order valence-corrected chi connectivity index (χ4v) is 3.83. The van der Waals surface area contributed by atoms with Crippen LogP contribution in [0.2, 0.25) is 0 Å². The Kier molecular flexibility index (Phi) is 5.71. The number of amides is 2. The van der Waals surface area contributed by atoms with Crippen LogP contribution in [-0.4, -0.2) is 24.9 Å². The number of hydrogen-bond donors (Lipinski definition) is 1. The van der Waals surface area contributed by atoms with Crippen LogP contribution in [0.15, 0.2) is 84.9 Å². The molecule has 0 bridgehead atoms. The number of rotatable bonds is 6. The van der Waals surface area contributed by atoms with Gasteiger partial charge < -0.3 is 10.2 Å². The molecule has 0 saturated carbocycles. The van der Waals surface area contributed by atoms with Crippen molar-refractivity contribution in [3.63, 3.8) is 0 Å². The Labute approximate surface area is 171 Å². The lowest BCUT2D eigenvalue weighted by Gasteiger charge is -2.20. The van der Waals surface area contributed by atoms with E-state index < -0.39 is 5.92 Å². The quantitative estimate of drug-likeness (QED) is 0.652. The molecule has 1 N–H and O–H groups in total. The Balaban J connectivity index is 1.44. The van der Waals surface area contributed by atoms with E-state index in [1.165, 1.54) is 5.56 Å². The summed E-state index contributed by atoms with van der Waals surface area (Å²) >= 11 is 0. The molecule has 1 unspecified atom stereocenters. The number of carbonyl (C=O) groups is 2. The molecular weight excluding hydrogens is 360 g/mol. The van der Waals surface area contributed by atoms with E-state index in [2.05, 4.69) is 5.32 Å². The summed E-state index contributed by atoms with van der Waals surface area (Å²) in [5.41, 5.74) is 4.10. The number of hydrogen-bond acceptors (Lipinski definition) is 2. The van der Waals surface area contributed by atoms with Crippen LogP contribution in [0.5, 0.6) is 0 Å². The first-order valence-corrected chi connectivity index (χ1v) is 10.0. The summed E-state index contributed by atoms with van der Waals surface area (Å²) in [6.07, 6.45) is 1.30. The van der Waals surface area contributed by atoms with Gasteiger partial charge in [-0.15, -0.1) is 0 Å². The van der Waals surface area contributed by atoms with Crippen molar-refractivity contribution < 1.29 is 9.59 Å². The molecule has 1 atom stereocenters. The van der Waals surface area contributed by atoms with Gasteiger partial charge in [0, 0.05) is 18.7 Å². The molecule has 3 aromatic carbocycles. The zero-order valence-electron chi connectivity index (χ0n) is 16.3. The molecule has 1 aliphatic rings. The minimum atomic E-state index is -0.616. The molecule has 4 nitrogen and oxygen atoms in total. The molecule has 1 fully saturated rings. The van der Waals surface area contributed by atoms with Crippen molar-refractivity contribution in [1.29, 1.82) is 0 Å². The maximum Gasteiger partial charge on any atom is 0.239 e. The highest BCUT2D eigenvalue weighted by Gasteiger charge is 2.38. The Bertz CT molecular complexity index is 986. The van der Waals surface area contributed by atoms with Crippen molar-refractivity contribution in [3.05, 3.63) is 90.5 Å². The third kappa shape index (κ3) is 4.21. The van der Waals surface area contributed by atoms with E-state index in [0.717, 1.165) is 23.2 Å². The Morgan fingerprint density at radius 1 is 0.897 bits per heavy atom. The van der Waals surface area contributed by atoms with Gasteiger partial charge in [0.15, 0.2) is 0 Å². The molecule has 4 rings (SSSR count). The van der Waals surface area contributed by atoms with Gasteiger partial charge in [0.25, 0.3) is 0 Å². The van der Waals surface area contributed by atoms with Gasteiger partial charge in [-0.3, -0.25) is 9.59 Å². The average Bonchev–Trinajstić information content (AvgIpc) is 3.16. The number of carbonyl (C=O) groups excluding carboxylic acids is 2. The standard InChI is InChI=1S/C25H24N2O2/c28-24(26-17-15-19-9-3-1-4-10-19)22-16-18-27(25(22)29)23-14-8-7-13-21(23)20-11-5-2-6-12-20/h1-14,22H,15-18H2,(H,26,28). The highest BCUT2D eigenvalue weighted by molar-refractivity contribution is 6.11. The summed E-state index contributed by atoms with van der Waals surface area (Å²) in [4.78, 5) is 27.4. The van der Waals surface area contributed by atoms with Gasteiger partial charge >= 0.3 is 0 Å². The molecule has 0 spiro atoms. The number of nitrogens with zero attached hydrogens (tertiary/aromatic N) is 1. The highest BCUT2D eigenvalue weighted by atomic mass is 16.2. The lowest BCUT2D eigenvalue weighted by Crippen LogP contribution is -2.37. The molecule has 1 heterocycles. The molecule has 0 aromatic heterocycles. The van der Waals surface area contributed by atoms with Crippen LogP contribution in [0.3, 0.4) is 0 Å². The minimum Gasteiger partial charge on any atom is -0.355 e. The summed E-state index contributed by atoms with van der Waals surface area (Å²) < 4.78 is 0. The van der Waals surface area contributed by atoms with Gasteiger partial charge in [0.05, 0.1) is 5.69 Å². The topological polar surface area (TPSA) is 49.4 Å². The smallest absolute Gasteiger partial charge is 0.239 e. The van der Waals surface area contributed by atoms with Crippen molar-refractivity contribution in [2.75, 3.05) is 18.0 Å². The van der Waals surface area contributed by atoms with Crippen molar-refractivity contribution in [2.24, 2.45) is 5.92 Å². The van der Waals surface area contributed by atoms with E-state index in [0.29, 0.717) is 19.5 Å². The first kappa shape index (κ1) is 18.9. The van der Waals surface area contributed by atoms with Gasteiger partial charge in [-0.1, -0.05) is 78.9 Å². The second kappa shape index (κ2) is 8.74. The summed E-state index contributed by atoms with van der Waals surface area (Å²) in [6, 6.07) is 27.9. The van der Waals surface area contributed by atoms with E-state index in [4.69, 9.17) is 0 Å². The number of nitrogens with one attached hydrogen (secondary N) is 1. The molecule has 3 aromatic rings. The van der Waals surface area contributed by atoms with Crippen molar-refractivity contribution in [2.45, 2.75) is 12.8 Å². The lowest BCUT2D eigenvalue weighted by atomic mass is 10.0. The van der Waals surface area contributed by atoms with Crippen LogP contribution in [0.1, 0.15) is 12.0 Å². The first-order valence-electron chi connectivity index (χ1n) is 10.0. The molecule has 1 aliphatic heterocycles. The second-order valence-corrected chi connectivity index (χ2v) is 7.24. The molecule has 0 aliphatic carbocycles. The van der Waals surface area contributed by atoms with Crippen molar-refractivity contribution in [1.82, 2.24) is 5.32 Å². The minimum absolute atomic E-state index is 0.120. The van der Waals surface area contributed by atoms with Gasteiger partial charge in [-0.05, 0) is 30.0 Å². The summed E-state index contributed by atoms with van der Waals surface area (Å²) in [7, 11) is 0. The van der Waals surface area contributed by atoms with Crippen molar-refractivity contribution in [3.8, 4) is 11.1 Å². The Morgan fingerprint density at radius 2 is 1.55 bits per heavy atom. The number of anilines is 1. The normalized spacial score (nSPS) is 16.1. The third-order valence-electron chi connectivity index (χ3n) is 5.36. The van der Waals surface area contributed by atoms with Crippen LogP contribution in [0.25, 0.3) is 11.1 Å². The predicted molar refractivity (Wildman–Crippen MR) is 115 cm³/mol. The largest absolute Gasteiger partial charge is 0.355 e. The highest BCUT2D eigenvalue weighted by Crippen LogP contribution is 2.34. The lowest BCUT2D eigenvalue weighted by molar-refractivity contribution is -0.132. The van der Waals surface area contributed by atoms with Crippen LogP contribution in [0.4, 0.5) is 5.69 Å². The molecule has 0 radical (unpaired) electrons. The third-order valence-corrected chi connectivity index (χ3v) is 5.36. The maximum atomic E-state index is 13.0. The Hall–Kier alpha value is -3.40. The summed E-state index contributed by atoms with van der Waals surface area (Å²) in [6.45, 7) is 1.09. The zero-order valence-corrected chi connectivity index (χ0v) is 16.3. The molecule has 4 heteroatoms. The van der Waals surface area contributed by atoms with Crippen LogP contribution < -0.4 is 10.2 Å². The zero-order chi connectivity index (χ0) is 20.1. The molecule has 1 saturated heterocycles. The first-order chi connectivity index (χ1) is 14.2. The fraction of sp³-hybridized carbons (Fsp3) is 0.200. The van der Waals surface area contributed by atoms with Crippen LogP contribution in [0, 0.1) is 5.92 Å². The molecule has 146 valence electrons. The van der Waals surface area contributed by atoms with Gasteiger partial charge in [0.2, 0.25) is 11.8 Å². The van der Waals surface area contributed by atoms with E-state index >= 15 is 0 Å². The predicted octanol–water partition coefficient (Wildman–Crippen LogP) is 4.07. The van der Waals surface area contributed by atoms with Gasteiger partial charge in [-0.25, -0.2) is 0 Å². The molecular formula is C25H24N2O2. The number of benzene rings is 3. The molecule has 2 amide bonds.